The normalized spacial score (nSPS) is 13.8. The van der Waals surface area contributed by atoms with E-state index in [-0.39, 0.29) is 23.8 Å². The highest BCUT2D eigenvalue weighted by Gasteiger charge is 2.31. The topological polar surface area (TPSA) is 114 Å². The van der Waals surface area contributed by atoms with Crippen LogP contribution in [0.15, 0.2) is 72.8 Å². The Morgan fingerprint density at radius 2 is 1.57 bits per heavy atom. The van der Waals surface area contributed by atoms with Crippen LogP contribution in [0.25, 0.3) is 11.1 Å². The number of hydrogen-bond donors (Lipinski definition) is 3. The lowest BCUT2D eigenvalue weighted by molar-refractivity contribution is -0.121. The molecule has 35 heavy (non-hydrogen) atoms. The number of ether oxygens (including phenoxy) is 2. The van der Waals surface area contributed by atoms with E-state index in [1.165, 1.54) is 25.3 Å². The molecule has 4 rings (SSSR count). The third kappa shape index (κ3) is 5.17. The minimum absolute atomic E-state index is 0.0311. The molecule has 0 bridgehead atoms. The number of methoxy groups -OCH3 is 1. The number of nitrogens with one attached hydrogen (secondary N) is 2. The summed E-state index contributed by atoms with van der Waals surface area (Å²) in [5, 5.41) is 14.4. The minimum atomic E-state index is -1.11. The number of alkyl carbamates (subject to hydrolysis) is 1. The molecule has 180 valence electrons. The predicted molar refractivity (Wildman–Crippen MR) is 130 cm³/mol. The number of aromatic carboxylic acids is 1. The second-order valence-corrected chi connectivity index (χ2v) is 8.26. The molecule has 8 nitrogen and oxygen atoms in total. The number of amides is 2. The molecule has 0 heterocycles. The summed E-state index contributed by atoms with van der Waals surface area (Å²) in [6, 6.07) is 20.8. The number of hydrogen-bond acceptors (Lipinski definition) is 5. The summed E-state index contributed by atoms with van der Waals surface area (Å²) in [5.74, 6) is -1.78. The number of anilines is 1. The fourth-order valence-electron chi connectivity index (χ4n) is 4.25. The maximum absolute atomic E-state index is 12.9. The van der Waals surface area contributed by atoms with Crippen molar-refractivity contribution < 1.29 is 29.0 Å². The lowest BCUT2D eigenvalue weighted by atomic mass is 9.98. The molecule has 8 heteroatoms. The van der Waals surface area contributed by atoms with Gasteiger partial charge in [-0.3, -0.25) is 4.79 Å². The third-order valence-electron chi connectivity index (χ3n) is 6.12. The van der Waals surface area contributed by atoms with Crippen molar-refractivity contribution in [1.82, 2.24) is 5.32 Å². The lowest BCUT2D eigenvalue weighted by Crippen LogP contribution is -2.51. The Morgan fingerprint density at radius 1 is 0.943 bits per heavy atom. The zero-order valence-electron chi connectivity index (χ0n) is 19.4. The Bertz CT molecular complexity index is 1210. The van der Waals surface area contributed by atoms with E-state index < -0.39 is 30.1 Å². The quantitative estimate of drug-likeness (QED) is 0.449. The van der Waals surface area contributed by atoms with Crippen LogP contribution >= 0.6 is 0 Å². The van der Waals surface area contributed by atoms with E-state index in [2.05, 4.69) is 10.6 Å². The van der Waals surface area contributed by atoms with Crippen molar-refractivity contribution in [2.45, 2.75) is 25.0 Å². The Labute approximate surface area is 202 Å². The van der Waals surface area contributed by atoms with Crippen LogP contribution in [-0.2, 0) is 14.3 Å². The highest BCUT2D eigenvalue weighted by Crippen LogP contribution is 2.44. The van der Waals surface area contributed by atoms with Gasteiger partial charge in [0.05, 0.1) is 11.7 Å². The van der Waals surface area contributed by atoms with E-state index >= 15 is 0 Å². The Kier molecular flexibility index (Phi) is 7.12. The van der Waals surface area contributed by atoms with Gasteiger partial charge in [-0.2, -0.15) is 0 Å². The summed E-state index contributed by atoms with van der Waals surface area (Å²) in [7, 11) is 1.43. The number of carbonyl (C=O) groups excluding carboxylic acids is 2. The first kappa shape index (κ1) is 24.0. The van der Waals surface area contributed by atoms with Crippen molar-refractivity contribution in [3.8, 4) is 11.1 Å². The minimum Gasteiger partial charge on any atom is -0.478 e. The van der Waals surface area contributed by atoms with E-state index in [1.807, 2.05) is 48.5 Å². The van der Waals surface area contributed by atoms with Crippen molar-refractivity contribution >= 4 is 23.7 Å². The molecule has 0 aliphatic heterocycles. The first-order valence-corrected chi connectivity index (χ1v) is 11.2. The molecule has 0 spiro atoms. The van der Waals surface area contributed by atoms with Gasteiger partial charge in [-0.25, -0.2) is 9.59 Å². The van der Waals surface area contributed by atoms with Gasteiger partial charge in [-0.15, -0.1) is 0 Å². The molecule has 0 saturated carbocycles. The molecule has 0 saturated heterocycles. The van der Waals surface area contributed by atoms with Gasteiger partial charge >= 0.3 is 12.1 Å². The highest BCUT2D eigenvalue weighted by atomic mass is 16.5. The van der Waals surface area contributed by atoms with Gasteiger partial charge in [-0.05, 0) is 47.4 Å². The van der Waals surface area contributed by atoms with E-state index in [0.29, 0.717) is 0 Å². The number of fused-ring (bicyclic) bond motifs is 3. The molecule has 2 atom stereocenters. The standard InChI is InChI=1S/C27H26N2O6/c1-16(34-2)24(25(30)28-18-9-7-8-17(14-18)26(31)32)29-27(33)35-15-23-21-12-5-3-10-19(21)20-11-4-6-13-22(20)23/h3-14,16,23-24H,15H2,1-2H3,(H,28,30)(H,29,33)(H,31,32)/t16-,24+/m1/s1. The second-order valence-electron chi connectivity index (χ2n) is 8.26. The van der Waals surface area contributed by atoms with Crippen LogP contribution in [0.4, 0.5) is 10.5 Å². The largest absolute Gasteiger partial charge is 0.478 e. The van der Waals surface area contributed by atoms with Crippen LogP contribution in [0, 0.1) is 0 Å². The number of carboxylic acid groups (broad SMARTS) is 1. The smallest absolute Gasteiger partial charge is 0.407 e. The molecule has 0 unspecified atom stereocenters. The van der Waals surface area contributed by atoms with E-state index in [4.69, 9.17) is 14.6 Å². The van der Waals surface area contributed by atoms with Crippen LogP contribution in [0.3, 0.4) is 0 Å². The number of rotatable bonds is 8. The third-order valence-corrected chi connectivity index (χ3v) is 6.12. The van der Waals surface area contributed by atoms with Gasteiger partial charge < -0.3 is 25.2 Å². The van der Waals surface area contributed by atoms with Crippen molar-refractivity contribution in [3.05, 3.63) is 89.5 Å². The summed E-state index contributed by atoms with van der Waals surface area (Å²) in [6.07, 6.45) is -1.42. The SMILES string of the molecule is CO[C@H](C)[C@H](NC(=O)OCC1c2ccccc2-c2ccccc21)C(=O)Nc1cccc(C(=O)O)c1. The van der Waals surface area contributed by atoms with E-state index in [1.54, 1.807) is 13.0 Å². The first-order valence-electron chi connectivity index (χ1n) is 11.2. The zero-order valence-corrected chi connectivity index (χ0v) is 19.4. The fourth-order valence-corrected chi connectivity index (χ4v) is 4.25. The number of carboxylic acids is 1. The molecule has 3 aromatic carbocycles. The van der Waals surface area contributed by atoms with Crippen LogP contribution in [0.5, 0.6) is 0 Å². The Balaban J connectivity index is 1.44. The van der Waals surface area contributed by atoms with Crippen LogP contribution in [0.1, 0.15) is 34.3 Å². The molecule has 2 amide bonds. The molecule has 0 radical (unpaired) electrons. The van der Waals surface area contributed by atoms with Gasteiger partial charge in [0, 0.05) is 18.7 Å². The predicted octanol–water partition coefficient (Wildman–Crippen LogP) is 4.27. The van der Waals surface area contributed by atoms with Gasteiger partial charge in [0.15, 0.2) is 0 Å². The Morgan fingerprint density at radius 3 is 2.17 bits per heavy atom. The highest BCUT2D eigenvalue weighted by molar-refractivity contribution is 5.98. The van der Waals surface area contributed by atoms with Crippen LogP contribution < -0.4 is 10.6 Å². The summed E-state index contributed by atoms with van der Waals surface area (Å²) in [5.41, 5.74) is 4.72. The van der Waals surface area contributed by atoms with Crippen molar-refractivity contribution in [2.24, 2.45) is 0 Å². The molecule has 1 aliphatic carbocycles. The molecular weight excluding hydrogens is 448 g/mol. The zero-order chi connectivity index (χ0) is 24.9. The summed E-state index contributed by atoms with van der Waals surface area (Å²) in [6.45, 7) is 1.75. The lowest BCUT2D eigenvalue weighted by Gasteiger charge is -2.23. The average Bonchev–Trinajstić information content (AvgIpc) is 3.19. The number of carbonyl (C=O) groups is 3. The van der Waals surface area contributed by atoms with Gasteiger partial charge in [-0.1, -0.05) is 54.6 Å². The van der Waals surface area contributed by atoms with Crippen molar-refractivity contribution in [2.75, 3.05) is 19.0 Å². The van der Waals surface area contributed by atoms with E-state index in [9.17, 15) is 14.4 Å². The molecule has 1 aliphatic rings. The van der Waals surface area contributed by atoms with Gasteiger partial charge in [0.25, 0.3) is 0 Å². The molecule has 3 aromatic rings. The summed E-state index contributed by atoms with van der Waals surface area (Å²) in [4.78, 5) is 36.8. The Hall–Kier alpha value is -4.17. The second kappa shape index (κ2) is 10.4. The molecule has 0 fully saturated rings. The van der Waals surface area contributed by atoms with Crippen LogP contribution in [-0.4, -0.2) is 48.9 Å². The molecule has 0 aromatic heterocycles. The monoisotopic (exact) mass is 474 g/mol. The van der Waals surface area contributed by atoms with Gasteiger partial charge in [0.2, 0.25) is 5.91 Å². The number of benzene rings is 3. The summed E-state index contributed by atoms with van der Waals surface area (Å²) >= 11 is 0. The van der Waals surface area contributed by atoms with Crippen molar-refractivity contribution in [3.63, 3.8) is 0 Å². The van der Waals surface area contributed by atoms with Crippen molar-refractivity contribution in [1.29, 1.82) is 0 Å². The average molecular weight is 475 g/mol. The van der Waals surface area contributed by atoms with Crippen LogP contribution in [0.2, 0.25) is 0 Å². The van der Waals surface area contributed by atoms with E-state index in [0.717, 1.165) is 22.3 Å². The van der Waals surface area contributed by atoms with Gasteiger partial charge in [0.1, 0.15) is 12.6 Å². The maximum Gasteiger partial charge on any atom is 0.407 e. The first-order chi connectivity index (χ1) is 16.9. The fraction of sp³-hybridized carbons (Fsp3) is 0.222. The maximum atomic E-state index is 12.9. The molecular formula is C27H26N2O6. The summed E-state index contributed by atoms with van der Waals surface area (Å²) < 4.78 is 10.8. The molecule has 3 N–H and O–H groups in total.